The van der Waals surface area contributed by atoms with Gasteiger partial charge in [-0.3, -0.25) is 4.99 Å². The van der Waals surface area contributed by atoms with E-state index in [1.165, 1.54) is 0 Å². The van der Waals surface area contributed by atoms with E-state index in [4.69, 9.17) is 0 Å². The summed E-state index contributed by atoms with van der Waals surface area (Å²) in [5, 5.41) is 0. The van der Waals surface area contributed by atoms with Crippen molar-refractivity contribution in [1.29, 1.82) is 0 Å². The highest BCUT2D eigenvalue weighted by Gasteiger charge is 2.36. The lowest BCUT2D eigenvalue weighted by Gasteiger charge is -2.20. The fourth-order valence-electron chi connectivity index (χ4n) is 1.07. The van der Waals surface area contributed by atoms with Crippen molar-refractivity contribution < 1.29 is 0 Å². The molecule has 0 saturated carbocycles. The van der Waals surface area contributed by atoms with Gasteiger partial charge in [0.2, 0.25) is 0 Å². The number of hydrazine groups is 1. The maximum atomic E-state index is 4.13. The lowest BCUT2D eigenvalue weighted by atomic mass is 9.86. The average molecular weight is 141 g/mol. The molecule has 0 aliphatic carbocycles. The van der Waals surface area contributed by atoms with Gasteiger partial charge < -0.3 is 5.43 Å². The van der Waals surface area contributed by atoms with Crippen molar-refractivity contribution in [3.63, 3.8) is 0 Å². The van der Waals surface area contributed by atoms with Crippen molar-refractivity contribution in [3.8, 4) is 0 Å². The zero-order valence-electron chi connectivity index (χ0n) is 7.02. The molecule has 58 valence electrons. The van der Waals surface area contributed by atoms with Gasteiger partial charge in [0.25, 0.3) is 0 Å². The summed E-state index contributed by atoms with van der Waals surface area (Å²) in [7, 11) is 1.81. The first kappa shape index (κ1) is 7.54. The van der Waals surface area contributed by atoms with E-state index in [2.05, 4.69) is 36.6 Å². The van der Waals surface area contributed by atoms with E-state index in [9.17, 15) is 0 Å². The Hall–Kier alpha value is -0.570. The summed E-state index contributed by atoms with van der Waals surface area (Å²) in [5.41, 5.74) is 6.32. The van der Waals surface area contributed by atoms with Crippen molar-refractivity contribution in [2.75, 3.05) is 7.05 Å². The molecule has 1 saturated heterocycles. The Morgan fingerprint density at radius 1 is 1.50 bits per heavy atom. The predicted molar refractivity (Wildman–Crippen MR) is 42.9 cm³/mol. The molecule has 2 N–H and O–H groups in total. The molecule has 0 amide bonds. The van der Waals surface area contributed by atoms with Crippen molar-refractivity contribution in [1.82, 2.24) is 10.9 Å². The van der Waals surface area contributed by atoms with Crippen LogP contribution in [0.5, 0.6) is 0 Å². The predicted octanol–water partition coefficient (Wildman–Crippen LogP) is 0.537. The van der Waals surface area contributed by atoms with Gasteiger partial charge in [0.05, 0.1) is 0 Å². The monoisotopic (exact) mass is 141 g/mol. The molecule has 1 rings (SSSR count). The highest BCUT2D eigenvalue weighted by molar-refractivity contribution is 5.89. The van der Waals surface area contributed by atoms with E-state index < -0.39 is 0 Å². The van der Waals surface area contributed by atoms with Gasteiger partial charge in [-0.05, 0) is 6.92 Å². The molecule has 0 bridgehead atoms. The van der Waals surface area contributed by atoms with Gasteiger partial charge in [-0.2, -0.15) is 0 Å². The molecule has 1 fully saturated rings. The van der Waals surface area contributed by atoms with E-state index in [-0.39, 0.29) is 5.41 Å². The molecule has 3 nitrogen and oxygen atoms in total. The fourth-order valence-corrected chi connectivity index (χ4v) is 1.07. The van der Waals surface area contributed by atoms with E-state index in [1.54, 1.807) is 0 Å². The summed E-state index contributed by atoms with van der Waals surface area (Å²) >= 11 is 0. The third-order valence-corrected chi connectivity index (χ3v) is 2.32. The summed E-state index contributed by atoms with van der Waals surface area (Å²) in [6, 6.07) is 0.450. The number of hydrogen-bond donors (Lipinski definition) is 2. The molecule has 0 aromatic rings. The molecule has 1 unspecified atom stereocenters. The molecule has 1 aliphatic heterocycles. The van der Waals surface area contributed by atoms with Crippen LogP contribution in [0.2, 0.25) is 0 Å². The van der Waals surface area contributed by atoms with Crippen LogP contribution >= 0.6 is 0 Å². The van der Waals surface area contributed by atoms with Crippen LogP contribution in [0, 0.1) is 5.41 Å². The molecular formula is C7H15N3. The number of hydrogen-bond acceptors (Lipinski definition) is 2. The molecule has 0 aromatic carbocycles. The molecule has 0 radical (unpaired) electrons. The van der Waals surface area contributed by atoms with Crippen molar-refractivity contribution >= 4 is 5.84 Å². The van der Waals surface area contributed by atoms with Crippen LogP contribution in [0.4, 0.5) is 0 Å². The highest BCUT2D eigenvalue weighted by atomic mass is 15.4. The van der Waals surface area contributed by atoms with Gasteiger partial charge in [-0.15, -0.1) is 0 Å². The second-order valence-electron chi connectivity index (χ2n) is 3.28. The maximum Gasteiger partial charge on any atom is 0.118 e. The Morgan fingerprint density at radius 3 is 2.30 bits per heavy atom. The minimum absolute atomic E-state index is 0.148. The molecule has 1 atom stereocenters. The average Bonchev–Trinajstić information content (AvgIpc) is 2.10. The van der Waals surface area contributed by atoms with Gasteiger partial charge in [0.1, 0.15) is 5.84 Å². The van der Waals surface area contributed by atoms with Gasteiger partial charge in [-0.1, -0.05) is 13.8 Å². The number of nitrogens with zero attached hydrogens (tertiary/aromatic N) is 1. The van der Waals surface area contributed by atoms with E-state index in [1.807, 2.05) is 7.05 Å². The second-order valence-corrected chi connectivity index (χ2v) is 3.28. The van der Waals surface area contributed by atoms with Gasteiger partial charge >= 0.3 is 0 Å². The largest absolute Gasteiger partial charge is 0.309 e. The molecular weight excluding hydrogens is 126 g/mol. The second kappa shape index (κ2) is 2.23. The summed E-state index contributed by atoms with van der Waals surface area (Å²) < 4.78 is 0. The normalized spacial score (nSPS) is 34.4. The number of amidine groups is 1. The minimum atomic E-state index is 0.148. The third kappa shape index (κ3) is 0.904. The van der Waals surface area contributed by atoms with Crippen LogP contribution in [0.15, 0.2) is 4.99 Å². The van der Waals surface area contributed by atoms with Crippen molar-refractivity contribution in [2.24, 2.45) is 10.4 Å². The molecule has 0 aromatic heterocycles. The summed E-state index contributed by atoms with van der Waals surface area (Å²) in [5.74, 6) is 1.04. The Kier molecular flexibility index (Phi) is 1.68. The van der Waals surface area contributed by atoms with Gasteiger partial charge in [-0.25, -0.2) is 5.43 Å². The zero-order chi connectivity index (χ0) is 7.78. The summed E-state index contributed by atoms with van der Waals surface area (Å²) in [6.07, 6.45) is 0. The SMILES string of the molecule is CN=C1NNC(C)C1(C)C. The van der Waals surface area contributed by atoms with Crippen LogP contribution in [0.1, 0.15) is 20.8 Å². The van der Waals surface area contributed by atoms with Gasteiger partial charge in [0.15, 0.2) is 0 Å². The number of nitrogens with one attached hydrogen (secondary N) is 2. The lowest BCUT2D eigenvalue weighted by molar-refractivity contribution is 0.407. The Labute approximate surface area is 61.9 Å². The van der Waals surface area contributed by atoms with E-state index in [0.29, 0.717) is 6.04 Å². The first-order chi connectivity index (χ1) is 4.59. The van der Waals surface area contributed by atoms with Crippen molar-refractivity contribution in [2.45, 2.75) is 26.8 Å². The fraction of sp³-hybridized carbons (Fsp3) is 0.857. The molecule has 1 heterocycles. The van der Waals surface area contributed by atoms with Gasteiger partial charge in [0, 0.05) is 18.5 Å². The quantitative estimate of drug-likeness (QED) is 0.516. The first-order valence-corrected chi connectivity index (χ1v) is 3.58. The van der Waals surface area contributed by atoms with E-state index in [0.717, 1.165) is 5.84 Å². The minimum Gasteiger partial charge on any atom is -0.309 e. The summed E-state index contributed by atoms with van der Waals surface area (Å²) in [4.78, 5) is 4.13. The lowest BCUT2D eigenvalue weighted by Crippen LogP contribution is -2.31. The number of aliphatic imine (C=N–C) groups is 1. The summed E-state index contributed by atoms with van der Waals surface area (Å²) in [6.45, 7) is 6.49. The molecule has 0 spiro atoms. The van der Waals surface area contributed by atoms with Crippen LogP contribution < -0.4 is 10.9 Å². The number of rotatable bonds is 0. The topological polar surface area (TPSA) is 36.4 Å². The van der Waals surface area contributed by atoms with Crippen LogP contribution in [0.25, 0.3) is 0 Å². The highest BCUT2D eigenvalue weighted by Crippen LogP contribution is 2.24. The van der Waals surface area contributed by atoms with Crippen LogP contribution in [0.3, 0.4) is 0 Å². The Morgan fingerprint density at radius 2 is 2.10 bits per heavy atom. The standard InChI is InChI=1S/C7H15N3/c1-5-7(2,3)6(8-4)10-9-5/h5,9H,1-4H3,(H,8,10). The van der Waals surface area contributed by atoms with Crippen molar-refractivity contribution in [3.05, 3.63) is 0 Å². The first-order valence-electron chi connectivity index (χ1n) is 3.58. The van der Waals surface area contributed by atoms with E-state index >= 15 is 0 Å². The Balaban J connectivity index is 2.84. The van der Waals surface area contributed by atoms with Crippen LogP contribution in [-0.2, 0) is 0 Å². The maximum absolute atomic E-state index is 4.13. The third-order valence-electron chi connectivity index (χ3n) is 2.32. The zero-order valence-corrected chi connectivity index (χ0v) is 7.02. The van der Waals surface area contributed by atoms with Crippen LogP contribution in [-0.4, -0.2) is 18.9 Å². The Bertz CT molecular complexity index is 160. The molecule has 10 heavy (non-hydrogen) atoms. The smallest absolute Gasteiger partial charge is 0.118 e. The molecule has 1 aliphatic rings. The molecule has 3 heteroatoms.